The van der Waals surface area contributed by atoms with Gasteiger partial charge in [0.25, 0.3) is 0 Å². The molecule has 1 aromatic rings. The van der Waals surface area contributed by atoms with Crippen LogP contribution in [0.1, 0.15) is 39.5 Å². The Bertz CT molecular complexity index is 502. The molecule has 1 unspecified atom stereocenters. The van der Waals surface area contributed by atoms with E-state index in [1.807, 2.05) is 0 Å². The van der Waals surface area contributed by atoms with Gasteiger partial charge in [-0.3, -0.25) is 0 Å². The van der Waals surface area contributed by atoms with Gasteiger partial charge in [0.05, 0.1) is 5.69 Å². The molecule has 6 heteroatoms. The van der Waals surface area contributed by atoms with Crippen LogP contribution >= 0.6 is 15.9 Å². The van der Waals surface area contributed by atoms with Gasteiger partial charge in [-0.25, -0.2) is 0 Å². The topological polar surface area (TPSA) is 21.3 Å². The van der Waals surface area contributed by atoms with E-state index < -0.39 is 6.36 Å². The van der Waals surface area contributed by atoms with Crippen LogP contribution in [0, 0.1) is 5.41 Å². The minimum absolute atomic E-state index is 0.172. The van der Waals surface area contributed by atoms with Crippen molar-refractivity contribution in [1.82, 2.24) is 0 Å². The molecule has 0 aliphatic heterocycles. The van der Waals surface area contributed by atoms with Gasteiger partial charge in [0.15, 0.2) is 5.75 Å². The first-order valence-corrected chi connectivity index (χ1v) is 7.76. The zero-order chi connectivity index (χ0) is 15.7. The van der Waals surface area contributed by atoms with Crippen LogP contribution < -0.4 is 10.1 Å². The van der Waals surface area contributed by atoms with Crippen LogP contribution in [0.3, 0.4) is 0 Å². The minimum Gasteiger partial charge on any atom is -0.404 e. The molecule has 1 saturated carbocycles. The number of ether oxygens (including phenoxy) is 1. The molecule has 21 heavy (non-hydrogen) atoms. The molecule has 0 amide bonds. The molecule has 1 atom stereocenters. The molecule has 1 aliphatic rings. The smallest absolute Gasteiger partial charge is 0.404 e. The average molecular weight is 366 g/mol. The maximum absolute atomic E-state index is 12.5. The Morgan fingerprint density at radius 1 is 1.33 bits per heavy atom. The predicted octanol–water partition coefficient (Wildman–Crippen LogP) is 5.73. The third-order valence-corrected chi connectivity index (χ3v) is 4.23. The summed E-state index contributed by atoms with van der Waals surface area (Å²) in [4.78, 5) is 0. The molecule has 0 saturated heterocycles. The van der Waals surface area contributed by atoms with Gasteiger partial charge in [0.2, 0.25) is 0 Å². The zero-order valence-corrected chi connectivity index (χ0v) is 13.6. The number of hydrogen-bond acceptors (Lipinski definition) is 2. The van der Waals surface area contributed by atoms with Gasteiger partial charge < -0.3 is 10.1 Å². The molecule has 0 radical (unpaired) electrons. The van der Waals surface area contributed by atoms with E-state index in [1.165, 1.54) is 6.07 Å². The van der Waals surface area contributed by atoms with Crippen molar-refractivity contribution < 1.29 is 17.9 Å². The number of hydrogen-bond donors (Lipinski definition) is 1. The van der Waals surface area contributed by atoms with Gasteiger partial charge in [0.1, 0.15) is 0 Å². The van der Waals surface area contributed by atoms with E-state index >= 15 is 0 Å². The van der Waals surface area contributed by atoms with Crippen LogP contribution in [0.4, 0.5) is 18.9 Å². The Morgan fingerprint density at radius 2 is 2.05 bits per heavy atom. The quantitative estimate of drug-likeness (QED) is 0.738. The Balaban J connectivity index is 2.15. The monoisotopic (exact) mass is 365 g/mol. The summed E-state index contributed by atoms with van der Waals surface area (Å²) in [6, 6.07) is 4.83. The molecule has 0 heterocycles. The second kappa shape index (κ2) is 6.07. The number of benzene rings is 1. The summed E-state index contributed by atoms with van der Waals surface area (Å²) in [5.74, 6) is -0.194. The summed E-state index contributed by atoms with van der Waals surface area (Å²) in [6.45, 7) is 4.38. The fourth-order valence-corrected chi connectivity index (χ4v) is 3.21. The van der Waals surface area contributed by atoms with Crippen molar-refractivity contribution >= 4 is 21.6 Å². The van der Waals surface area contributed by atoms with E-state index in [9.17, 15) is 13.2 Å². The lowest BCUT2D eigenvalue weighted by molar-refractivity contribution is -0.274. The van der Waals surface area contributed by atoms with E-state index in [4.69, 9.17) is 0 Å². The minimum atomic E-state index is -4.69. The van der Waals surface area contributed by atoms with Crippen molar-refractivity contribution in [3.8, 4) is 5.75 Å². The first-order chi connectivity index (χ1) is 9.65. The molecule has 2 rings (SSSR count). The Hall–Kier alpha value is -0.910. The van der Waals surface area contributed by atoms with Crippen LogP contribution in [0.2, 0.25) is 0 Å². The summed E-state index contributed by atoms with van der Waals surface area (Å²) < 4.78 is 42.1. The summed E-state index contributed by atoms with van der Waals surface area (Å²) >= 11 is 3.17. The number of halogens is 4. The number of anilines is 1. The van der Waals surface area contributed by atoms with Gasteiger partial charge >= 0.3 is 6.36 Å². The molecule has 1 fully saturated rings. The van der Waals surface area contributed by atoms with Crippen molar-refractivity contribution in [3.63, 3.8) is 0 Å². The van der Waals surface area contributed by atoms with Gasteiger partial charge in [-0.05, 0) is 42.9 Å². The molecule has 0 bridgehead atoms. The molecular formula is C15H19BrF3NO. The Labute approximate surface area is 131 Å². The summed E-state index contributed by atoms with van der Waals surface area (Å²) in [6.07, 6.45) is -0.559. The number of rotatable bonds is 3. The largest absolute Gasteiger partial charge is 0.573 e. The fourth-order valence-electron chi connectivity index (χ4n) is 2.87. The average Bonchev–Trinajstić information content (AvgIpc) is 2.29. The first kappa shape index (κ1) is 16.5. The number of alkyl halides is 3. The van der Waals surface area contributed by atoms with E-state index in [-0.39, 0.29) is 17.2 Å². The highest BCUT2D eigenvalue weighted by Gasteiger charge is 2.33. The van der Waals surface area contributed by atoms with Crippen molar-refractivity contribution in [1.29, 1.82) is 0 Å². The number of nitrogens with one attached hydrogen (secondary N) is 1. The van der Waals surface area contributed by atoms with Gasteiger partial charge in [-0.15, -0.1) is 13.2 Å². The first-order valence-electron chi connectivity index (χ1n) is 6.96. The summed E-state index contributed by atoms with van der Waals surface area (Å²) in [7, 11) is 0. The van der Waals surface area contributed by atoms with Crippen LogP contribution in [0.25, 0.3) is 0 Å². The van der Waals surface area contributed by atoms with Crippen molar-refractivity contribution in [3.05, 3.63) is 22.7 Å². The molecule has 118 valence electrons. The van der Waals surface area contributed by atoms with Crippen LogP contribution in [0.5, 0.6) is 5.75 Å². The van der Waals surface area contributed by atoms with Crippen LogP contribution in [-0.2, 0) is 0 Å². The molecule has 0 spiro atoms. The molecule has 0 aromatic heterocycles. The molecule has 1 aromatic carbocycles. The van der Waals surface area contributed by atoms with Gasteiger partial charge in [0, 0.05) is 10.5 Å². The van der Waals surface area contributed by atoms with E-state index in [2.05, 4.69) is 39.8 Å². The Morgan fingerprint density at radius 3 is 2.67 bits per heavy atom. The lowest BCUT2D eigenvalue weighted by Gasteiger charge is -2.36. The maximum Gasteiger partial charge on any atom is 0.573 e. The standard InChI is InChI=1S/C15H19BrF3NO/c1-14(2)7-3-4-11(9-14)20-12-6-5-10(16)8-13(12)21-15(17,18)19/h5-6,8,11,20H,3-4,7,9H2,1-2H3. The van der Waals surface area contributed by atoms with E-state index in [0.29, 0.717) is 10.2 Å². The normalized spacial score (nSPS) is 21.9. The molecule has 1 aliphatic carbocycles. The lowest BCUT2D eigenvalue weighted by Crippen LogP contribution is -2.32. The molecule has 2 nitrogen and oxygen atoms in total. The SMILES string of the molecule is CC1(C)CCCC(Nc2ccc(Br)cc2OC(F)(F)F)C1. The third-order valence-electron chi connectivity index (χ3n) is 3.73. The van der Waals surface area contributed by atoms with E-state index in [1.54, 1.807) is 12.1 Å². The predicted molar refractivity (Wildman–Crippen MR) is 80.5 cm³/mol. The highest BCUT2D eigenvalue weighted by atomic mass is 79.9. The molecule has 1 N–H and O–H groups in total. The van der Waals surface area contributed by atoms with Crippen molar-refractivity contribution in [2.24, 2.45) is 5.41 Å². The lowest BCUT2D eigenvalue weighted by atomic mass is 9.75. The maximum atomic E-state index is 12.5. The second-order valence-corrected chi connectivity index (χ2v) is 7.21. The van der Waals surface area contributed by atoms with Crippen molar-refractivity contribution in [2.45, 2.75) is 51.9 Å². The van der Waals surface area contributed by atoms with E-state index in [0.717, 1.165) is 25.7 Å². The highest BCUT2D eigenvalue weighted by molar-refractivity contribution is 9.10. The fraction of sp³-hybridized carbons (Fsp3) is 0.600. The zero-order valence-electron chi connectivity index (χ0n) is 12.1. The van der Waals surface area contributed by atoms with Gasteiger partial charge in [-0.1, -0.05) is 36.2 Å². The van der Waals surface area contributed by atoms with Crippen LogP contribution in [-0.4, -0.2) is 12.4 Å². The van der Waals surface area contributed by atoms with Crippen LogP contribution in [0.15, 0.2) is 22.7 Å². The highest BCUT2D eigenvalue weighted by Crippen LogP contribution is 2.39. The summed E-state index contributed by atoms with van der Waals surface area (Å²) in [5, 5.41) is 3.21. The van der Waals surface area contributed by atoms with Gasteiger partial charge in [-0.2, -0.15) is 0 Å². The summed E-state index contributed by atoms with van der Waals surface area (Å²) in [5.41, 5.74) is 0.606. The second-order valence-electron chi connectivity index (χ2n) is 6.29. The molecular weight excluding hydrogens is 347 g/mol. The van der Waals surface area contributed by atoms with Crippen molar-refractivity contribution in [2.75, 3.05) is 5.32 Å². The third kappa shape index (κ3) is 5.09. The Kier molecular flexibility index (Phi) is 4.76.